The number of aliphatic hydroxyl groups excluding tert-OH is 2. The Labute approximate surface area is 114 Å². The monoisotopic (exact) mass is 287 g/mol. The SMILES string of the molecule is CC1(O)[C@@H](O)[C@@H](CO)O[C@H]1N1N=NCCC(=N)NC1=O. The number of aliphatic hydroxyl groups is 3. The maximum Gasteiger partial charge on any atom is 0.347 e. The minimum Gasteiger partial charge on any atom is -0.394 e. The molecule has 0 aromatic rings. The Kier molecular flexibility index (Phi) is 3.99. The van der Waals surface area contributed by atoms with Crippen molar-refractivity contribution < 1.29 is 24.9 Å². The molecule has 0 radical (unpaired) electrons. The number of carbonyl (C=O) groups excluding carboxylic acids is 1. The maximum atomic E-state index is 11.9. The fraction of sp³-hybridized carbons (Fsp3) is 0.800. The molecule has 1 saturated heterocycles. The molecule has 0 bridgehead atoms. The number of nitrogens with one attached hydrogen (secondary N) is 2. The Morgan fingerprint density at radius 3 is 2.95 bits per heavy atom. The molecule has 10 nitrogen and oxygen atoms in total. The van der Waals surface area contributed by atoms with E-state index >= 15 is 0 Å². The molecule has 1 unspecified atom stereocenters. The van der Waals surface area contributed by atoms with Gasteiger partial charge >= 0.3 is 6.03 Å². The summed E-state index contributed by atoms with van der Waals surface area (Å²) in [4.78, 5) is 11.9. The third-order valence-electron chi connectivity index (χ3n) is 3.24. The van der Waals surface area contributed by atoms with Gasteiger partial charge in [0.05, 0.1) is 13.2 Å². The second-order valence-corrected chi connectivity index (χ2v) is 4.84. The Hall–Kier alpha value is -1.62. The minimum absolute atomic E-state index is 0.0319. The van der Waals surface area contributed by atoms with Gasteiger partial charge in [0.25, 0.3) is 0 Å². The number of amidine groups is 1. The van der Waals surface area contributed by atoms with Crippen molar-refractivity contribution in [3.05, 3.63) is 0 Å². The number of carbonyl (C=O) groups is 1. The smallest absolute Gasteiger partial charge is 0.347 e. The van der Waals surface area contributed by atoms with E-state index in [0.717, 1.165) is 5.01 Å². The summed E-state index contributed by atoms with van der Waals surface area (Å²) in [7, 11) is 0. The number of ether oxygens (including phenoxy) is 1. The molecule has 2 aliphatic rings. The van der Waals surface area contributed by atoms with Gasteiger partial charge in [-0.1, -0.05) is 5.22 Å². The van der Waals surface area contributed by atoms with Crippen LogP contribution in [0.2, 0.25) is 0 Å². The van der Waals surface area contributed by atoms with Crippen molar-refractivity contribution in [1.82, 2.24) is 10.3 Å². The lowest BCUT2D eigenvalue weighted by Crippen LogP contribution is -2.56. The van der Waals surface area contributed by atoms with Crippen LogP contribution in [0.5, 0.6) is 0 Å². The second-order valence-electron chi connectivity index (χ2n) is 4.84. The molecule has 0 aliphatic carbocycles. The predicted octanol–water partition coefficient (Wildman–Crippen LogP) is -1.42. The van der Waals surface area contributed by atoms with Gasteiger partial charge in [0.15, 0.2) is 6.23 Å². The second kappa shape index (κ2) is 5.40. The Morgan fingerprint density at radius 1 is 1.65 bits per heavy atom. The molecule has 2 amide bonds. The van der Waals surface area contributed by atoms with Crippen molar-refractivity contribution in [1.29, 1.82) is 5.41 Å². The van der Waals surface area contributed by atoms with Gasteiger partial charge in [-0.05, 0) is 6.92 Å². The minimum atomic E-state index is -1.83. The van der Waals surface area contributed by atoms with Gasteiger partial charge < -0.3 is 20.1 Å². The fourth-order valence-electron chi connectivity index (χ4n) is 2.07. The molecule has 2 aliphatic heterocycles. The maximum absolute atomic E-state index is 11.9. The number of amides is 2. The van der Waals surface area contributed by atoms with Crippen molar-refractivity contribution in [3.8, 4) is 0 Å². The Morgan fingerprint density at radius 2 is 2.35 bits per heavy atom. The highest BCUT2D eigenvalue weighted by atomic mass is 16.6. The van der Waals surface area contributed by atoms with E-state index in [2.05, 4.69) is 15.7 Å². The quantitative estimate of drug-likeness (QED) is 0.422. The molecule has 0 aromatic heterocycles. The predicted molar refractivity (Wildman–Crippen MR) is 64.8 cm³/mol. The molecule has 2 heterocycles. The van der Waals surface area contributed by atoms with Gasteiger partial charge in [0.1, 0.15) is 23.6 Å². The van der Waals surface area contributed by atoms with E-state index in [1.54, 1.807) is 0 Å². The van der Waals surface area contributed by atoms with Gasteiger partial charge in [0.2, 0.25) is 0 Å². The van der Waals surface area contributed by atoms with Crippen molar-refractivity contribution in [3.63, 3.8) is 0 Å². The summed E-state index contributed by atoms with van der Waals surface area (Å²) < 4.78 is 5.27. The molecule has 2 rings (SSSR count). The normalized spacial score (nSPS) is 38.6. The number of rotatable bonds is 2. The number of urea groups is 1. The van der Waals surface area contributed by atoms with E-state index in [1.807, 2.05) is 0 Å². The van der Waals surface area contributed by atoms with Crippen LogP contribution in [-0.2, 0) is 4.74 Å². The van der Waals surface area contributed by atoms with Crippen molar-refractivity contribution in [2.24, 2.45) is 10.3 Å². The summed E-state index contributed by atoms with van der Waals surface area (Å²) in [6, 6.07) is -0.797. The van der Waals surface area contributed by atoms with Crippen LogP contribution in [0.25, 0.3) is 0 Å². The standard InChI is InChI=1S/C10H17N5O5/c1-10(19)7(17)5(4-16)20-8(10)15-9(18)13-6(11)2-3-12-14-15/h5,7-8,16-17,19H,2-4H2,1H3,(H2,11,13,18)/t5-,7+,8-,10?/m1/s1. The van der Waals surface area contributed by atoms with Crippen LogP contribution in [-0.4, -0.2) is 69.4 Å². The summed E-state index contributed by atoms with van der Waals surface area (Å²) in [5.74, 6) is -0.0319. The first-order chi connectivity index (χ1) is 9.37. The van der Waals surface area contributed by atoms with E-state index in [4.69, 9.17) is 15.3 Å². The van der Waals surface area contributed by atoms with Crippen molar-refractivity contribution >= 4 is 11.9 Å². The average Bonchev–Trinajstić information content (AvgIpc) is 2.59. The lowest BCUT2D eigenvalue weighted by molar-refractivity contribution is -0.120. The zero-order chi connectivity index (χ0) is 14.9. The first-order valence-electron chi connectivity index (χ1n) is 6.09. The number of hydrogen-bond acceptors (Lipinski definition) is 8. The summed E-state index contributed by atoms with van der Waals surface area (Å²) in [5, 5.41) is 47.1. The van der Waals surface area contributed by atoms with Crippen molar-refractivity contribution in [2.75, 3.05) is 13.2 Å². The molecule has 0 aromatic carbocycles. The molecule has 5 N–H and O–H groups in total. The third-order valence-corrected chi connectivity index (χ3v) is 3.24. The average molecular weight is 287 g/mol. The molecule has 20 heavy (non-hydrogen) atoms. The van der Waals surface area contributed by atoms with Gasteiger partial charge in [-0.25, -0.2) is 4.79 Å². The molecule has 10 heteroatoms. The van der Waals surface area contributed by atoms with Crippen LogP contribution in [0.15, 0.2) is 10.3 Å². The molecule has 112 valence electrons. The molecule has 4 atom stereocenters. The zero-order valence-corrected chi connectivity index (χ0v) is 10.9. The topological polar surface area (TPSA) is 151 Å². The molecule has 1 fully saturated rings. The van der Waals surface area contributed by atoms with E-state index in [-0.39, 0.29) is 18.8 Å². The number of hydrogen-bond donors (Lipinski definition) is 5. The largest absolute Gasteiger partial charge is 0.394 e. The van der Waals surface area contributed by atoms with E-state index in [1.165, 1.54) is 6.92 Å². The summed E-state index contributed by atoms with van der Waals surface area (Å²) in [5.41, 5.74) is -1.83. The summed E-state index contributed by atoms with van der Waals surface area (Å²) >= 11 is 0. The molecular formula is C10H17N5O5. The van der Waals surface area contributed by atoms with Gasteiger partial charge in [-0.15, -0.1) is 0 Å². The zero-order valence-electron chi connectivity index (χ0n) is 10.9. The molecule has 0 saturated carbocycles. The summed E-state index contributed by atoms with van der Waals surface area (Å²) in [6.45, 7) is 0.956. The lowest BCUT2D eigenvalue weighted by atomic mass is 9.96. The number of nitrogens with zero attached hydrogens (tertiary/aromatic N) is 3. The van der Waals surface area contributed by atoms with E-state index < -0.39 is 36.7 Å². The highest BCUT2D eigenvalue weighted by Crippen LogP contribution is 2.33. The van der Waals surface area contributed by atoms with Gasteiger partial charge in [0, 0.05) is 6.42 Å². The highest BCUT2D eigenvalue weighted by Gasteiger charge is 2.56. The first-order valence-corrected chi connectivity index (χ1v) is 6.09. The third kappa shape index (κ3) is 2.50. The Bertz CT molecular complexity index is 440. The Balaban J connectivity index is 2.26. The highest BCUT2D eigenvalue weighted by molar-refractivity contribution is 5.96. The van der Waals surface area contributed by atoms with Crippen LogP contribution >= 0.6 is 0 Å². The van der Waals surface area contributed by atoms with Gasteiger partial charge in [-0.3, -0.25) is 10.7 Å². The fourth-order valence-corrected chi connectivity index (χ4v) is 2.07. The van der Waals surface area contributed by atoms with Crippen LogP contribution in [0.3, 0.4) is 0 Å². The van der Waals surface area contributed by atoms with Gasteiger partial charge in [-0.2, -0.15) is 10.1 Å². The van der Waals surface area contributed by atoms with Crippen LogP contribution in [0.4, 0.5) is 4.79 Å². The molecular weight excluding hydrogens is 270 g/mol. The molecule has 0 spiro atoms. The van der Waals surface area contributed by atoms with Crippen LogP contribution in [0.1, 0.15) is 13.3 Å². The van der Waals surface area contributed by atoms with Crippen molar-refractivity contribution in [2.45, 2.75) is 37.4 Å². The summed E-state index contributed by atoms with van der Waals surface area (Å²) in [6.07, 6.45) is -3.50. The van der Waals surface area contributed by atoms with E-state index in [0.29, 0.717) is 0 Å². The first kappa shape index (κ1) is 14.8. The van der Waals surface area contributed by atoms with E-state index in [9.17, 15) is 15.0 Å². The lowest BCUT2D eigenvalue weighted by Gasteiger charge is -2.32. The van der Waals surface area contributed by atoms with Crippen LogP contribution in [0, 0.1) is 5.41 Å². The van der Waals surface area contributed by atoms with Crippen LogP contribution < -0.4 is 5.32 Å².